The fourth-order valence-electron chi connectivity index (χ4n) is 2.35. The first-order valence-electron chi connectivity index (χ1n) is 5.55. The number of nitrogens with zero attached hydrogens (tertiary/aromatic N) is 1. The molecule has 0 atom stereocenters. The molecule has 1 fully saturated rings. The first-order chi connectivity index (χ1) is 7.30. The second-order valence-corrected chi connectivity index (χ2v) is 4.19. The molecule has 1 saturated carbocycles. The average molecular weight is 209 g/mol. The zero-order chi connectivity index (χ0) is 10.7. The molecule has 0 radical (unpaired) electrons. The molecule has 1 aliphatic rings. The van der Waals surface area contributed by atoms with Crippen LogP contribution in [0, 0.1) is 0 Å². The summed E-state index contributed by atoms with van der Waals surface area (Å²) in [5.41, 5.74) is 0.974. The molecule has 0 saturated heterocycles. The summed E-state index contributed by atoms with van der Waals surface area (Å²) in [6, 6.07) is 0. The van der Waals surface area contributed by atoms with Crippen LogP contribution in [0.2, 0.25) is 0 Å². The molecule has 1 aromatic rings. The smallest absolute Gasteiger partial charge is 0.138 e. The topological polar surface area (TPSA) is 49.9 Å². The third kappa shape index (κ3) is 1.92. The van der Waals surface area contributed by atoms with Crippen molar-refractivity contribution in [1.82, 2.24) is 15.3 Å². The van der Waals surface area contributed by atoms with Crippen LogP contribution < -0.4 is 5.32 Å². The second-order valence-electron chi connectivity index (χ2n) is 4.19. The van der Waals surface area contributed by atoms with Crippen LogP contribution in [0.15, 0.2) is 6.20 Å². The van der Waals surface area contributed by atoms with Crippen molar-refractivity contribution in [2.45, 2.75) is 37.8 Å². The van der Waals surface area contributed by atoms with Gasteiger partial charge in [-0.3, -0.25) is 0 Å². The predicted octanol–water partition coefficient (Wildman–Crippen LogP) is 1.54. The van der Waals surface area contributed by atoms with E-state index >= 15 is 0 Å². The highest BCUT2D eigenvalue weighted by Gasteiger charge is 2.38. The summed E-state index contributed by atoms with van der Waals surface area (Å²) < 4.78 is 5.66. The van der Waals surface area contributed by atoms with Crippen molar-refractivity contribution in [2.24, 2.45) is 0 Å². The largest absolute Gasteiger partial charge is 0.370 e. The maximum atomic E-state index is 5.66. The molecule has 4 nitrogen and oxygen atoms in total. The number of nitrogens with one attached hydrogen (secondary N) is 2. The number of aromatic amines is 1. The van der Waals surface area contributed by atoms with E-state index in [4.69, 9.17) is 4.74 Å². The lowest BCUT2D eigenvalue weighted by atomic mass is 10.0. The van der Waals surface area contributed by atoms with Gasteiger partial charge in [-0.25, -0.2) is 4.98 Å². The Hall–Kier alpha value is -0.870. The first-order valence-corrected chi connectivity index (χ1v) is 5.55. The van der Waals surface area contributed by atoms with E-state index in [0.29, 0.717) is 0 Å². The quantitative estimate of drug-likeness (QED) is 0.791. The summed E-state index contributed by atoms with van der Waals surface area (Å²) in [5, 5.41) is 3.11. The Balaban J connectivity index is 2.19. The number of hydrogen-bond donors (Lipinski definition) is 2. The Labute approximate surface area is 90.4 Å². The van der Waals surface area contributed by atoms with E-state index in [1.54, 1.807) is 7.11 Å². The van der Waals surface area contributed by atoms with E-state index in [2.05, 4.69) is 15.3 Å². The Morgan fingerprint density at radius 3 is 2.87 bits per heavy atom. The van der Waals surface area contributed by atoms with Crippen molar-refractivity contribution >= 4 is 0 Å². The molecule has 4 heteroatoms. The van der Waals surface area contributed by atoms with E-state index in [1.807, 2.05) is 13.2 Å². The van der Waals surface area contributed by atoms with E-state index in [9.17, 15) is 0 Å². The van der Waals surface area contributed by atoms with Gasteiger partial charge in [-0.2, -0.15) is 0 Å². The molecule has 15 heavy (non-hydrogen) atoms. The molecule has 0 aromatic carbocycles. The number of aromatic nitrogens is 2. The fraction of sp³-hybridized carbons (Fsp3) is 0.727. The SMILES string of the molecule is CNCc1cnc(C2(OC)CCCC2)[nH]1. The van der Waals surface area contributed by atoms with Crippen molar-refractivity contribution in [3.05, 3.63) is 17.7 Å². The van der Waals surface area contributed by atoms with Gasteiger partial charge in [-0.15, -0.1) is 0 Å². The highest BCUT2D eigenvalue weighted by molar-refractivity contribution is 5.10. The van der Waals surface area contributed by atoms with Gasteiger partial charge in [0, 0.05) is 25.5 Å². The van der Waals surface area contributed by atoms with Crippen LogP contribution in [0.3, 0.4) is 0 Å². The van der Waals surface area contributed by atoms with Crippen LogP contribution >= 0.6 is 0 Å². The Morgan fingerprint density at radius 2 is 2.27 bits per heavy atom. The summed E-state index contributed by atoms with van der Waals surface area (Å²) >= 11 is 0. The summed E-state index contributed by atoms with van der Waals surface area (Å²) in [7, 11) is 3.72. The minimum Gasteiger partial charge on any atom is -0.370 e. The third-order valence-electron chi connectivity index (χ3n) is 3.23. The van der Waals surface area contributed by atoms with Gasteiger partial charge in [-0.1, -0.05) is 0 Å². The molecule has 0 unspecified atom stereocenters. The third-order valence-corrected chi connectivity index (χ3v) is 3.23. The van der Waals surface area contributed by atoms with Gasteiger partial charge >= 0.3 is 0 Å². The van der Waals surface area contributed by atoms with Gasteiger partial charge in [-0.05, 0) is 32.7 Å². The average Bonchev–Trinajstić information content (AvgIpc) is 2.86. The van der Waals surface area contributed by atoms with Gasteiger partial charge in [0.25, 0.3) is 0 Å². The monoisotopic (exact) mass is 209 g/mol. The summed E-state index contributed by atoms with van der Waals surface area (Å²) in [4.78, 5) is 7.79. The van der Waals surface area contributed by atoms with Crippen LogP contribution in [-0.2, 0) is 16.9 Å². The number of rotatable bonds is 4. The maximum absolute atomic E-state index is 5.66. The molecule has 2 N–H and O–H groups in total. The van der Waals surface area contributed by atoms with E-state index in [-0.39, 0.29) is 5.60 Å². The van der Waals surface area contributed by atoms with Crippen molar-refractivity contribution < 1.29 is 4.74 Å². The zero-order valence-corrected chi connectivity index (χ0v) is 9.47. The van der Waals surface area contributed by atoms with Crippen molar-refractivity contribution in [2.75, 3.05) is 14.2 Å². The molecule has 0 spiro atoms. The highest BCUT2D eigenvalue weighted by atomic mass is 16.5. The van der Waals surface area contributed by atoms with E-state index in [1.165, 1.54) is 12.8 Å². The van der Waals surface area contributed by atoms with Gasteiger partial charge in [0.2, 0.25) is 0 Å². The second kappa shape index (κ2) is 4.33. The van der Waals surface area contributed by atoms with Crippen LogP contribution in [-0.4, -0.2) is 24.1 Å². The highest BCUT2D eigenvalue weighted by Crippen LogP contribution is 2.39. The lowest BCUT2D eigenvalue weighted by Gasteiger charge is -2.24. The van der Waals surface area contributed by atoms with Gasteiger partial charge in [0.05, 0.1) is 0 Å². The lowest BCUT2D eigenvalue weighted by Crippen LogP contribution is -2.26. The standard InChI is InChI=1S/C11H19N3O/c1-12-7-9-8-13-10(14-9)11(15-2)5-3-4-6-11/h8,12H,3-7H2,1-2H3,(H,13,14). The van der Waals surface area contributed by atoms with Gasteiger partial charge < -0.3 is 15.0 Å². The summed E-state index contributed by atoms with van der Waals surface area (Å²) in [5.74, 6) is 0.993. The molecule has 1 aromatic heterocycles. The van der Waals surface area contributed by atoms with Crippen LogP contribution in [0.1, 0.15) is 37.2 Å². The number of imidazole rings is 1. The normalized spacial score (nSPS) is 19.6. The molecule has 1 heterocycles. The van der Waals surface area contributed by atoms with E-state index in [0.717, 1.165) is 30.9 Å². The molecule has 2 rings (SSSR count). The molecule has 0 bridgehead atoms. The Morgan fingerprint density at radius 1 is 1.53 bits per heavy atom. The molecule has 84 valence electrons. The first kappa shape index (κ1) is 10.6. The van der Waals surface area contributed by atoms with E-state index < -0.39 is 0 Å². The number of ether oxygens (including phenoxy) is 1. The molecule has 0 aliphatic heterocycles. The number of H-pyrrole nitrogens is 1. The van der Waals surface area contributed by atoms with Gasteiger partial charge in [0.1, 0.15) is 11.4 Å². The summed E-state index contributed by atoms with van der Waals surface area (Å²) in [6.45, 7) is 0.826. The Bertz CT molecular complexity index is 315. The maximum Gasteiger partial charge on any atom is 0.138 e. The molecular weight excluding hydrogens is 190 g/mol. The minimum atomic E-state index is -0.147. The van der Waals surface area contributed by atoms with Gasteiger partial charge in [0.15, 0.2) is 0 Å². The van der Waals surface area contributed by atoms with Crippen LogP contribution in [0.25, 0.3) is 0 Å². The van der Waals surface area contributed by atoms with Crippen molar-refractivity contribution in [1.29, 1.82) is 0 Å². The van der Waals surface area contributed by atoms with Crippen LogP contribution in [0.5, 0.6) is 0 Å². The fourth-order valence-corrected chi connectivity index (χ4v) is 2.35. The minimum absolute atomic E-state index is 0.147. The molecule has 1 aliphatic carbocycles. The number of hydrogen-bond acceptors (Lipinski definition) is 3. The molecule has 0 amide bonds. The zero-order valence-electron chi connectivity index (χ0n) is 9.47. The van der Waals surface area contributed by atoms with Crippen molar-refractivity contribution in [3.63, 3.8) is 0 Å². The predicted molar refractivity (Wildman–Crippen MR) is 58.5 cm³/mol. The number of methoxy groups -OCH3 is 1. The Kier molecular flexibility index (Phi) is 3.07. The van der Waals surface area contributed by atoms with Crippen molar-refractivity contribution in [3.8, 4) is 0 Å². The molecular formula is C11H19N3O. The summed E-state index contributed by atoms with van der Waals surface area (Å²) in [6.07, 6.45) is 6.52. The lowest BCUT2D eigenvalue weighted by molar-refractivity contribution is -0.0157. The van der Waals surface area contributed by atoms with Crippen LogP contribution in [0.4, 0.5) is 0 Å².